The molecule has 0 atom stereocenters. The highest BCUT2D eigenvalue weighted by molar-refractivity contribution is 9.10. The molecule has 1 aromatic heterocycles. The zero-order valence-electron chi connectivity index (χ0n) is 23.1. The van der Waals surface area contributed by atoms with Crippen molar-refractivity contribution in [2.45, 2.75) is 58.0 Å². The molecular weight excluding hydrogens is 585 g/mol. The minimum absolute atomic E-state index is 0.176. The van der Waals surface area contributed by atoms with Crippen LogP contribution in [0.1, 0.15) is 67.5 Å². The number of hydrogen-bond acceptors (Lipinski definition) is 5. The van der Waals surface area contributed by atoms with Gasteiger partial charge in [-0.05, 0) is 79.8 Å². The highest BCUT2D eigenvalue weighted by Crippen LogP contribution is 2.35. The SMILES string of the molecule is C=CCc1cc(C=Nn2c(C3CCCCC3)nc3ccc(Br)cc3c2=O)cc(OCC)c1OCc1cccc(F)c1. The van der Waals surface area contributed by atoms with Gasteiger partial charge in [-0.1, -0.05) is 53.4 Å². The van der Waals surface area contributed by atoms with Gasteiger partial charge in [-0.25, -0.2) is 9.37 Å². The van der Waals surface area contributed by atoms with Crippen molar-refractivity contribution in [3.8, 4) is 11.5 Å². The topological polar surface area (TPSA) is 65.7 Å². The summed E-state index contributed by atoms with van der Waals surface area (Å²) in [6, 6.07) is 15.7. The molecule has 1 aliphatic carbocycles. The van der Waals surface area contributed by atoms with Crippen LogP contribution in [0.15, 0.2) is 81.6 Å². The van der Waals surface area contributed by atoms with Crippen molar-refractivity contribution in [1.82, 2.24) is 9.66 Å². The fraction of sp³-hybridized carbons (Fsp3) is 0.303. The summed E-state index contributed by atoms with van der Waals surface area (Å²) in [5.74, 6) is 1.69. The molecule has 1 saturated carbocycles. The van der Waals surface area contributed by atoms with E-state index in [9.17, 15) is 9.18 Å². The van der Waals surface area contributed by atoms with Gasteiger partial charge < -0.3 is 9.47 Å². The predicted octanol–water partition coefficient (Wildman–Crippen LogP) is 7.93. The maximum absolute atomic E-state index is 13.7. The van der Waals surface area contributed by atoms with Crippen molar-refractivity contribution in [3.05, 3.63) is 110 Å². The molecule has 0 spiro atoms. The van der Waals surface area contributed by atoms with Crippen LogP contribution in [0.25, 0.3) is 10.9 Å². The van der Waals surface area contributed by atoms with Crippen molar-refractivity contribution in [2.24, 2.45) is 5.10 Å². The van der Waals surface area contributed by atoms with E-state index in [4.69, 9.17) is 19.6 Å². The Morgan fingerprint density at radius 3 is 2.71 bits per heavy atom. The molecule has 1 fully saturated rings. The summed E-state index contributed by atoms with van der Waals surface area (Å²) in [4.78, 5) is 18.6. The zero-order valence-corrected chi connectivity index (χ0v) is 24.7. The van der Waals surface area contributed by atoms with Gasteiger partial charge in [0.15, 0.2) is 11.5 Å². The fourth-order valence-corrected chi connectivity index (χ4v) is 5.66. The van der Waals surface area contributed by atoms with Gasteiger partial charge in [0.1, 0.15) is 18.2 Å². The molecule has 1 heterocycles. The fourth-order valence-electron chi connectivity index (χ4n) is 5.30. The Hall–Kier alpha value is -3.78. The second kappa shape index (κ2) is 13.3. The number of rotatable bonds is 10. The quantitative estimate of drug-likeness (QED) is 0.134. The lowest BCUT2D eigenvalue weighted by Crippen LogP contribution is -2.25. The summed E-state index contributed by atoms with van der Waals surface area (Å²) in [5, 5.41) is 5.22. The van der Waals surface area contributed by atoms with E-state index in [0.29, 0.717) is 46.8 Å². The number of hydrogen-bond donors (Lipinski definition) is 0. The number of allylic oxidation sites excluding steroid dienone is 1. The lowest BCUT2D eigenvalue weighted by atomic mass is 9.88. The maximum atomic E-state index is 13.7. The van der Waals surface area contributed by atoms with Crippen LogP contribution in [0.4, 0.5) is 4.39 Å². The summed E-state index contributed by atoms with van der Waals surface area (Å²) in [6.07, 6.45) is 9.38. The van der Waals surface area contributed by atoms with Gasteiger partial charge in [-0.2, -0.15) is 9.78 Å². The molecule has 4 aromatic rings. The number of nitrogens with zero attached hydrogens (tertiary/aromatic N) is 3. The first kappa shape index (κ1) is 28.7. The third-order valence-corrected chi connectivity index (χ3v) is 7.71. The molecule has 41 heavy (non-hydrogen) atoms. The Kier molecular flexibility index (Phi) is 9.29. The number of ether oxygens (including phenoxy) is 2. The maximum Gasteiger partial charge on any atom is 0.282 e. The van der Waals surface area contributed by atoms with Gasteiger partial charge >= 0.3 is 0 Å². The van der Waals surface area contributed by atoms with E-state index in [2.05, 4.69) is 22.5 Å². The van der Waals surface area contributed by atoms with E-state index in [1.54, 1.807) is 24.4 Å². The molecule has 212 valence electrons. The Labute approximate surface area is 247 Å². The number of aromatic nitrogens is 2. The van der Waals surface area contributed by atoms with E-state index in [0.717, 1.165) is 41.3 Å². The summed E-state index contributed by atoms with van der Waals surface area (Å²) >= 11 is 3.48. The van der Waals surface area contributed by atoms with Gasteiger partial charge in [0, 0.05) is 16.0 Å². The van der Waals surface area contributed by atoms with Gasteiger partial charge in [0.25, 0.3) is 5.56 Å². The number of fused-ring (bicyclic) bond motifs is 1. The lowest BCUT2D eigenvalue weighted by molar-refractivity contribution is 0.267. The van der Waals surface area contributed by atoms with Crippen LogP contribution in [0, 0.1) is 5.82 Å². The first-order valence-corrected chi connectivity index (χ1v) is 14.8. The molecule has 0 aliphatic heterocycles. The molecule has 3 aromatic carbocycles. The van der Waals surface area contributed by atoms with E-state index < -0.39 is 0 Å². The molecule has 0 saturated heterocycles. The third kappa shape index (κ3) is 6.76. The van der Waals surface area contributed by atoms with Crippen molar-refractivity contribution in [2.75, 3.05) is 6.61 Å². The molecule has 0 bridgehead atoms. The minimum atomic E-state index is -0.313. The molecule has 6 nitrogen and oxygen atoms in total. The molecule has 1 aliphatic rings. The highest BCUT2D eigenvalue weighted by Gasteiger charge is 2.23. The second-order valence-corrected chi connectivity index (χ2v) is 11.1. The Morgan fingerprint density at radius 1 is 1.12 bits per heavy atom. The van der Waals surface area contributed by atoms with Crippen LogP contribution < -0.4 is 15.0 Å². The van der Waals surface area contributed by atoms with Crippen molar-refractivity contribution >= 4 is 33.0 Å². The van der Waals surface area contributed by atoms with Crippen LogP contribution in [0.2, 0.25) is 0 Å². The third-order valence-electron chi connectivity index (χ3n) is 7.22. The Balaban J connectivity index is 1.55. The average molecular weight is 619 g/mol. The molecule has 8 heteroatoms. The van der Waals surface area contributed by atoms with Crippen LogP contribution in [-0.2, 0) is 13.0 Å². The van der Waals surface area contributed by atoms with E-state index in [-0.39, 0.29) is 23.9 Å². The van der Waals surface area contributed by atoms with Crippen molar-refractivity contribution in [1.29, 1.82) is 0 Å². The minimum Gasteiger partial charge on any atom is -0.490 e. The first-order chi connectivity index (χ1) is 20.0. The largest absolute Gasteiger partial charge is 0.490 e. The standard InChI is InChI=1S/C33H33BrFN3O3/c1-3-9-25-16-23(18-30(40-4-2)31(25)41-21-22-10-8-13-27(35)17-22)20-36-38-32(24-11-6-5-7-12-24)37-29-15-14-26(34)19-28(29)33(38)39/h3,8,10,13-20,24H,1,4-7,9,11-12,21H2,2H3. The van der Waals surface area contributed by atoms with Crippen LogP contribution in [-0.4, -0.2) is 22.5 Å². The van der Waals surface area contributed by atoms with Gasteiger partial charge in [0.05, 0.1) is 23.7 Å². The monoisotopic (exact) mass is 617 g/mol. The smallest absolute Gasteiger partial charge is 0.282 e. The van der Waals surface area contributed by atoms with Gasteiger partial charge in [0.2, 0.25) is 0 Å². The highest BCUT2D eigenvalue weighted by atomic mass is 79.9. The lowest BCUT2D eigenvalue weighted by Gasteiger charge is -2.22. The number of halogens is 2. The average Bonchev–Trinajstić information content (AvgIpc) is 2.97. The molecule has 5 rings (SSSR count). The van der Waals surface area contributed by atoms with Crippen molar-refractivity contribution < 1.29 is 13.9 Å². The Bertz CT molecular complexity index is 1640. The zero-order chi connectivity index (χ0) is 28.8. The summed E-state index contributed by atoms with van der Waals surface area (Å²) in [5.41, 5.74) is 2.80. The summed E-state index contributed by atoms with van der Waals surface area (Å²) in [7, 11) is 0. The summed E-state index contributed by atoms with van der Waals surface area (Å²) in [6.45, 7) is 6.42. The van der Waals surface area contributed by atoms with Crippen LogP contribution >= 0.6 is 15.9 Å². The van der Waals surface area contributed by atoms with E-state index in [1.165, 1.54) is 23.2 Å². The first-order valence-electron chi connectivity index (χ1n) is 14.0. The van der Waals surface area contributed by atoms with E-state index >= 15 is 0 Å². The normalized spacial score (nSPS) is 14.0. The predicted molar refractivity (Wildman–Crippen MR) is 165 cm³/mol. The van der Waals surface area contributed by atoms with Crippen LogP contribution in [0.3, 0.4) is 0 Å². The molecule has 0 amide bonds. The molecule has 0 radical (unpaired) electrons. The van der Waals surface area contributed by atoms with E-state index in [1.807, 2.05) is 37.3 Å². The number of benzene rings is 3. The molecule has 0 unspecified atom stereocenters. The summed E-state index contributed by atoms with van der Waals surface area (Å²) < 4.78 is 28.1. The van der Waals surface area contributed by atoms with Crippen LogP contribution in [0.5, 0.6) is 11.5 Å². The molecular formula is C33H33BrFN3O3. The van der Waals surface area contributed by atoms with Gasteiger partial charge in [-0.3, -0.25) is 4.79 Å². The Morgan fingerprint density at radius 2 is 1.95 bits per heavy atom. The van der Waals surface area contributed by atoms with Gasteiger partial charge in [-0.15, -0.1) is 6.58 Å². The molecule has 0 N–H and O–H groups in total. The van der Waals surface area contributed by atoms with Crippen molar-refractivity contribution in [3.63, 3.8) is 0 Å². The second-order valence-electron chi connectivity index (χ2n) is 10.2.